The van der Waals surface area contributed by atoms with Gasteiger partial charge in [-0.1, -0.05) is 12.1 Å². The Kier molecular flexibility index (Phi) is 4.21. The van der Waals surface area contributed by atoms with E-state index < -0.39 is 5.60 Å². The third-order valence-corrected chi connectivity index (χ3v) is 5.42. The third-order valence-electron chi connectivity index (χ3n) is 5.42. The summed E-state index contributed by atoms with van der Waals surface area (Å²) in [6.45, 7) is 4.25. The zero-order valence-corrected chi connectivity index (χ0v) is 15.6. The summed E-state index contributed by atoms with van der Waals surface area (Å²) in [4.78, 5) is 6.39. The van der Waals surface area contributed by atoms with Gasteiger partial charge in [0, 0.05) is 36.6 Å². The molecule has 1 unspecified atom stereocenters. The van der Waals surface area contributed by atoms with E-state index in [2.05, 4.69) is 27.6 Å². The van der Waals surface area contributed by atoms with Gasteiger partial charge in [-0.05, 0) is 49.7 Å². The van der Waals surface area contributed by atoms with Crippen molar-refractivity contribution in [2.45, 2.75) is 32.0 Å². The predicted molar refractivity (Wildman–Crippen MR) is 102 cm³/mol. The molecule has 5 heteroatoms. The molecule has 0 radical (unpaired) electrons. The van der Waals surface area contributed by atoms with Crippen LogP contribution in [0, 0.1) is 0 Å². The maximum atomic E-state index is 11.2. The number of para-hydroxylation sites is 1. The average molecular weight is 351 g/mol. The van der Waals surface area contributed by atoms with E-state index in [0.717, 1.165) is 36.3 Å². The molecule has 1 aliphatic rings. The standard InChI is InChI=1S/C21H25N3O2/c1-21(25,15-7-10-22-11-8-15)14-24-18-13-23(2)12-9-16(18)17-5-4-6-19(26-3)20(17)24/h4-8,10-11,25H,9,12-14H2,1-3H3. The molecule has 1 atom stereocenters. The van der Waals surface area contributed by atoms with Crippen molar-refractivity contribution in [3.05, 3.63) is 59.5 Å². The lowest BCUT2D eigenvalue weighted by Crippen LogP contribution is -2.32. The van der Waals surface area contributed by atoms with Crippen molar-refractivity contribution >= 4 is 10.9 Å². The Morgan fingerprint density at radius 2 is 2.00 bits per heavy atom. The number of benzene rings is 1. The van der Waals surface area contributed by atoms with Crippen LogP contribution in [0.25, 0.3) is 10.9 Å². The lowest BCUT2D eigenvalue weighted by molar-refractivity contribution is 0.0379. The largest absolute Gasteiger partial charge is 0.495 e. The molecule has 0 saturated carbocycles. The first-order valence-corrected chi connectivity index (χ1v) is 8.99. The van der Waals surface area contributed by atoms with E-state index >= 15 is 0 Å². The maximum absolute atomic E-state index is 11.2. The van der Waals surface area contributed by atoms with Gasteiger partial charge >= 0.3 is 0 Å². The minimum atomic E-state index is -1.00. The van der Waals surface area contributed by atoms with E-state index in [-0.39, 0.29) is 0 Å². The van der Waals surface area contributed by atoms with Gasteiger partial charge in [-0.2, -0.15) is 0 Å². The number of ether oxygens (including phenoxy) is 1. The first-order chi connectivity index (χ1) is 12.5. The molecular weight excluding hydrogens is 326 g/mol. The summed E-state index contributed by atoms with van der Waals surface area (Å²) < 4.78 is 7.92. The molecule has 3 heterocycles. The van der Waals surface area contributed by atoms with Crippen molar-refractivity contribution < 1.29 is 9.84 Å². The molecular formula is C21H25N3O2. The van der Waals surface area contributed by atoms with E-state index in [1.165, 1.54) is 16.6 Å². The van der Waals surface area contributed by atoms with Gasteiger partial charge in [0.1, 0.15) is 11.4 Å². The Morgan fingerprint density at radius 3 is 2.73 bits per heavy atom. The molecule has 136 valence electrons. The number of fused-ring (bicyclic) bond motifs is 3. The highest BCUT2D eigenvalue weighted by molar-refractivity contribution is 5.90. The molecule has 3 aromatic rings. The molecule has 1 N–H and O–H groups in total. The second kappa shape index (κ2) is 6.41. The molecule has 26 heavy (non-hydrogen) atoms. The number of aromatic nitrogens is 2. The smallest absolute Gasteiger partial charge is 0.143 e. The van der Waals surface area contributed by atoms with Crippen molar-refractivity contribution in [3.63, 3.8) is 0 Å². The Morgan fingerprint density at radius 1 is 1.23 bits per heavy atom. The average Bonchev–Trinajstić information content (AvgIpc) is 2.95. The molecule has 0 spiro atoms. The zero-order valence-electron chi connectivity index (χ0n) is 15.6. The highest BCUT2D eigenvalue weighted by Gasteiger charge is 2.30. The zero-order chi connectivity index (χ0) is 18.3. The number of nitrogens with zero attached hydrogens (tertiary/aromatic N) is 3. The summed E-state index contributed by atoms with van der Waals surface area (Å²) in [6, 6.07) is 9.96. The lowest BCUT2D eigenvalue weighted by atomic mass is 9.97. The molecule has 2 aromatic heterocycles. The monoisotopic (exact) mass is 351 g/mol. The number of hydrogen-bond acceptors (Lipinski definition) is 4. The van der Waals surface area contributed by atoms with Gasteiger partial charge < -0.3 is 19.3 Å². The molecule has 1 aromatic carbocycles. The van der Waals surface area contributed by atoms with Crippen molar-refractivity contribution in [3.8, 4) is 5.75 Å². The maximum Gasteiger partial charge on any atom is 0.143 e. The van der Waals surface area contributed by atoms with Gasteiger partial charge in [0.2, 0.25) is 0 Å². The Labute approximate surface area is 153 Å². The van der Waals surface area contributed by atoms with Gasteiger partial charge in [-0.3, -0.25) is 4.98 Å². The van der Waals surface area contributed by atoms with E-state index in [0.29, 0.717) is 6.54 Å². The summed E-state index contributed by atoms with van der Waals surface area (Å²) >= 11 is 0. The van der Waals surface area contributed by atoms with Crippen LogP contribution in [0.15, 0.2) is 42.7 Å². The SMILES string of the molecule is COc1cccc2c3c(n(CC(C)(O)c4ccncc4)c12)CN(C)CC3. The van der Waals surface area contributed by atoms with Crippen molar-refractivity contribution in [2.24, 2.45) is 0 Å². The fourth-order valence-corrected chi connectivity index (χ4v) is 4.04. The fourth-order valence-electron chi connectivity index (χ4n) is 4.04. The van der Waals surface area contributed by atoms with Gasteiger partial charge in [0.15, 0.2) is 0 Å². The van der Waals surface area contributed by atoms with E-state index in [9.17, 15) is 5.11 Å². The first-order valence-electron chi connectivity index (χ1n) is 8.99. The molecule has 5 nitrogen and oxygen atoms in total. The second-order valence-electron chi connectivity index (χ2n) is 7.37. The number of likely N-dealkylation sites (N-methyl/N-ethyl adjacent to an activating group) is 1. The van der Waals surface area contributed by atoms with Crippen LogP contribution in [-0.4, -0.2) is 40.3 Å². The van der Waals surface area contributed by atoms with Crippen LogP contribution in [0.1, 0.15) is 23.7 Å². The quantitative estimate of drug-likeness (QED) is 0.785. The first kappa shape index (κ1) is 17.1. The van der Waals surface area contributed by atoms with Crippen LogP contribution in [0.5, 0.6) is 5.75 Å². The van der Waals surface area contributed by atoms with Crippen LogP contribution in [0.3, 0.4) is 0 Å². The Hall–Kier alpha value is -2.37. The van der Waals surface area contributed by atoms with Crippen LogP contribution in [-0.2, 0) is 25.1 Å². The molecule has 1 aliphatic heterocycles. The van der Waals surface area contributed by atoms with Crippen molar-refractivity contribution in [1.29, 1.82) is 0 Å². The molecule has 0 amide bonds. The topological polar surface area (TPSA) is 50.5 Å². The van der Waals surface area contributed by atoms with Crippen LogP contribution in [0.2, 0.25) is 0 Å². The summed E-state index contributed by atoms with van der Waals surface area (Å²) in [7, 11) is 3.85. The normalized spacial score (nSPS) is 17.1. The van der Waals surface area contributed by atoms with Gasteiger partial charge in [-0.25, -0.2) is 0 Å². The van der Waals surface area contributed by atoms with E-state index in [1.807, 2.05) is 31.2 Å². The molecule has 0 bridgehead atoms. The molecule has 0 fully saturated rings. The highest BCUT2D eigenvalue weighted by atomic mass is 16.5. The summed E-state index contributed by atoms with van der Waals surface area (Å²) in [5.41, 5.74) is 3.58. The second-order valence-corrected chi connectivity index (χ2v) is 7.37. The summed E-state index contributed by atoms with van der Waals surface area (Å²) in [5, 5.41) is 12.5. The van der Waals surface area contributed by atoms with Crippen molar-refractivity contribution in [2.75, 3.05) is 20.7 Å². The fraction of sp³-hybridized carbons (Fsp3) is 0.381. The predicted octanol–water partition coefficient (Wildman–Crippen LogP) is 2.94. The molecule has 4 rings (SSSR count). The van der Waals surface area contributed by atoms with E-state index in [1.54, 1.807) is 19.5 Å². The number of aliphatic hydroxyl groups is 1. The van der Waals surface area contributed by atoms with Gasteiger partial charge in [0.05, 0.1) is 19.2 Å². The molecule has 0 saturated heterocycles. The number of hydrogen-bond donors (Lipinski definition) is 1. The number of pyridine rings is 1. The number of rotatable bonds is 4. The lowest BCUT2D eigenvalue weighted by Gasteiger charge is -2.29. The molecule has 0 aliphatic carbocycles. The number of methoxy groups -OCH3 is 1. The van der Waals surface area contributed by atoms with Crippen LogP contribution < -0.4 is 4.74 Å². The van der Waals surface area contributed by atoms with Crippen LogP contribution >= 0.6 is 0 Å². The minimum absolute atomic E-state index is 0.469. The van der Waals surface area contributed by atoms with Gasteiger partial charge in [-0.15, -0.1) is 0 Å². The third kappa shape index (κ3) is 2.77. The minimum Gasteiger partial charge on any atom is -0.495 e. The summed E-state index contributed by atoms with van der Waals surface area (Å²) in [6.07, 6.45) is 4.46. The Bertz CT molecular complexity index is 931. The Balaban J connectivity index is 1.90. The van der Waals surface area contributed by atoms with Crippen LogP contribution in [0.4, 0.5) is 0 Å². The van der Waals surface area contributed by atoms with Crippen molar-refractivity contribution in [1.82, 2.24) is 14.5 Å². The van der Waals surface area contributed by atoms with E-state index in [4.69, 9.17) is 4.74 Å². The van der Waals surface area contributed by atoms with Gasteiger partial charge in [0.25, 0.3) is 0 Å². The summed E-state index contributed by atoms with van der Waals surface area (Å²) in [5.74, 6) is 0.852. The highest BCUT2D eigenvalue weighted by Crippen LogP contribution is 2.37.